The molecule has 0 amide bonds. The largest absolute Gasteiger partial charge is 0.354 e. The number of aromatic amines is 1. The van der Waals surface area contributed by atoms with E-state index in [1.54, 1.807) is 0 Å². The molecule has 0 saturated carbocycles. The lowest BCUT2D eigenvalue weighted by molar-refractivity contribution is 0.394. The van der Waals surface area contributed by atoms with Gasteiger partial charge in [0.05, 0.1) is 0 Å². The van der Waals surface area contributed by atoms with Crippen molar-refractivity contribution in [1.29, 1.82) is 0 Å². The van der Waals surface area contributed by atoms with Gasteiger partial charge in [-0.2, -0.15) is 10.1 Å². The molecule has 3 aromatic rings. The van der Waals surface area contributed by atoms with E-state index in [-0.39, 0.29) is 11.6 Å². The van der Waals surface area contributed by atoms with Crippen molar-refractivity contribution >= 4 is 22.8 Å². The molecule has 33 heavy (non-hydrogen) atoms. The highest BCUT2D eigenvalue weighted by Crippen LogP contribution is 2.32. The summed E-state index contributed by atoms with van der Waals surface area (Å²) in [4.78, 5) is 23.2. The maximum Gasteiger partial charge on any atom is 0.268 e. The number of piperidine rings is 1. The van der Waals surface area contributed by atoms with Gasteiger partial charge in [0.1, 0.15) is 5.39 Å². The molecule has 8 nitrogen and oxygen atoms in total. The number of hydrogen-bond acceptors (Lipinski definition) is 6. The average molecular weight is 448 g/mol. The highest BCUT2D eigenvalue weighted by Gasteiger charge is 2.32. The fraction of sp³-hybridized carbons (Fsp3) is 0.560. The van der Waals surface area contributed by atoms with Crippen molar-refractivity contribution in [2.45, 2.75) is 70.0 Å². The maximum atomic E-state index is 13.7. The highest BCUT2D eigenvalue weighted by atomic mass is 16.1. The summed E-state index contributed by atoms with van der Waals surface area (Å²) in [6, 6.07) is 9.00. The second kappa shape index (κ2) is 8.48. The summed E-state index contributed by atoms with van der Waals surface area (Å²) < 4.78 is 1.89. The van der Waals surface area contributed by atoms with Crippen molar-refractivity contribution in [2.24, 2.45) is 5.73 Å². The minimum absolute atomic E-state index is 0.0434. The van der Waals surface area contributed by atoms with Gasteiger partial charge in [-0.05, 0) is 62.5 Å². The van der Waals surface area contributed by atoms with Crippen LogP contribution in [0.5, 0.6) is 0 Å². The Morgan fingerprint density at radius 2 is 1.82 bits per heavy atom. The van der Waals surface area contributed by atoms with E-state index in [2.05, 4.69) is 44.3 Å². The van der Waals surface area contributed by atoms with Crippen LogP contribution in [0.4, 0.5) is 11.8 Å². The molecule has 8 heteroatoms. The molecule has 2 atom stereocenters. The van der Waals surface area contributed by atoms with Crippen LogP contribution in [-0.4, -0.2) is 45.4 Å². The van der Waals surface area contributed by atoms with Crippen LogP contribution in [0.2, 0.25) is 0 Å². The molecule has 0 radical (unpaired) electrons. The van der Waals surface area contributed by atoms with E-state index in [1.165, 1.54) is 17.5 Å². The quantitative estimate of drug-likeness (QED) is 0.595. The second-order valence-corrected chi connectivity index (χ2v) is 9.81. The zero-order chi connectivity index (χ0) is 22.4. The molecule has 174 valence electrons. The lowest BCUT2D eigenvalue weighted by Gasteiger charge is -2.39. The third-order valence-corrected chi connectivity index (χ3v) is 7.79. The molecule has 1 aromatic carbocycles. The number of rotatable bonds is 1. The van der Waals surface area contributed by atoms with Gasteiger partial charge < -0.3 is 15.5 Å². The first-order valence-electron chi connectivity index (χ1n) is 12.5. The fourth-order valence-electron chi connectivity index (χ4n) is 6.01. The molecular weight excluding hydrogens is 414 g/mol. The Bertz CT molecular complexity index is 1210. The number of aromatic nitrogens is 4. The van der Waals surface area contributed by atoms with E-state index in [1.807, 2.05) is 4.57 Å². The van der Waals surface area contributed by atoms with Gasteiger partial charge in [-0.3, -0.25) is 14.5 Å². The van der Waals surface area contributed by atoms with E-state index < -0.39 is 0 Å². The highest BCUT2D eigenvalue weighted by molar-refractivity contribution is 5.87. The van der Waals surface area contributed by atoms with Crippen molar-refractivity contribution in [1.82, 2.24) is 19.7 Å². The van der Waals surface area contributed by atoms with Crippen LogP contribution < -0.4 is 21.1 Å². The maximum absolute atomic E-state index is 13.7. The summed E-state index contributed by atoms with van der Waals surface area (Å²) in [6.45, 7) is 3.50. The van der Waals surface area contributed by atoms with Gasteiger partial charge in [0.25, 0.3) is 5.56 Å². The van der Waals surface area contributed by atoms with Crippen LogP contribution in [0, 0.1) is 0 Å². The Labute approximate surface area is 193 Å². The first-order chi connectivity index (χ1) is 16.2. The van der Waals surface area contributed by atoms with E-state index >= 15 is 0 Å². The molecule has 1 saturated heterocycles. The summed E-state index contributed by atoms with van der Waals surface area (Å²) in [6.07, 6.45) is 8.43. The number of nitrogens with zero attached hydrogens (tertiary/aromatic N) is 5. The van der Waals surface area contributed by atoms with Crippen molar-refractivity contribution in [3.8, 4) is 0 Å². The normalized spacial score (nSPS) is 23.7. The number of nitrogens with one attached hydrogen (secondary N) is 1. The van der Waals surface area contributed by atoms with Gasteiger partial charge in [-0.1, -0.05) is 24.3 Å². The summed E-state index contributed by atoms with van der Waals surface area (Å²) in [5, 5.41) is 8.27. The molecule has 0 aliphatic carbocycles. The molecule has 3 N–H and O–H groups in total. The predicted octanol–water partition coefficient (Wildman–Crippen LogP) is 3.12. The van der Waals surface area contributed by atoms with Gasteiger partial charge in [0.2, 0.25) is 5.95 Å². The smallest absolute Gasteiger partial charge is 0.268 e. The zero-order valence-corrected chi connectivity index (χ0v) is 19.2. The zero-order valence-electron chi connectivity index (χ0n) is 19.2. The Balaban J connectivity index is 1.36. The third-order valence-electron chi connectivity index (χ3n) is 7.79. The first-order valence-corrected chi connectivity index (χ1v) is 12.5. The number of benzene rings is 1. The van der Waals surface area contributed by atoms with Gasteiger partial charge in [-0.25, -0.2) is 0 Å². The Hall–Kier alpha value is -2.87. The second-order valence-electron chi connectivity index (χ2n) is 9.81. The molecule has 6 rings (SSSR count). The topological polar surface area (TPSA) is 96.1 Å². The monoisotopic (exact) mass is 447 g/mol. The molecule has 3 aliphatic heterocycles. The third kappa shape index (κ3) is 3.60. The van der Waals surface area contributed by atoms with E-state index in [0.29, 0.717) is 23.6 Å². The van der Waals surface area contributed by atoms with E-state index in [0.717, 1.165) is 76.3 Å². The van der Waals surface area contributed by atoms with Crippen molar-refractivity contribution in [3.63, 3.8) is 0 Å². The number of anilines is 2. The van der Waals surface area contributed by atoms with Crippen LogP contribution in [0.1, 0.15) is 62.1 Å². The summed E-state index contributed by atoms with van der Waals surface area (Å²) in [5.41, 5.74) is 9.92. The number of H-pyrrole nitrogens is 1. The number of fused-ring (bicyclic) bond motifs is 5. The Kier molecular flexibility index (Phi) is 5.32. The van der Waals surface area contributed by atoms with Crippen LogP contribution >= 0.6 is 0 Å². The molecule has 3 aliphatic rings. The minimum atomic E-state index is 0.0434. The van der Waals surface area contributed by atoms with Crippen molar-refractivity contribution in [2.75, 3.05) is 29.4 Å². The molecule has 0 unspecified atom stereocenters. The summed E-state index contributed by atoms with van der Waals surface area (Å²) in [7, 11) is 0. The lowest BCUT2D eigenvalue weighted by Crippen LogP contribution is -2.46. The van der Waals surface area contributed by atoms with Crippen LogP contribution in [0.3, 0.4) is 0 Å². The van der Waals surface area contributed by atoms with Gasteiger partial charge in [0.15, 0.2) is 11.5 Å². The fourth-order valence-corrected chi connectivity index (χ4v) is 6.01. The van der Waals surface area contributed by atoms with Gasteiger partial charge in [-0.15, -0.1) is 0 Å². The lowest BCUT2D eigenvalue weighted by atomic mass is 9.91. The van der Waals surface area contributed by atoms with Gasteiger partial charge in [0, 0.05) is 38.3 Å². The standard InChI is InChI=1S/C25H33N7O/c26-20-11-10-18-12-16-32-24(33)21-22(28-29-23(21)30-13-4-1-5-14-30)27-25(32)31(18)15-6-8-17-7-2-3-9-19(17)20/h2-3,7,9,18,20H,1,4-6,8,10-16,26H2,(H,28,29)/t18-,20+/m1/s1. The molecule has 0 spiro atoms. The van der Waals surface area contributed by atoms with Crippen LogP contribution in [-0.2, 0) is 13.0 Å². The van der Waals surface area contributed by atoms with Gasteiger partial charge >= 0.3 is 0 Å². The van der Waals surface area contributed by atoms with Crippen LogP contribution in [0.15, 0.2) is 29.1 Å². The molecule has 0 bridgehead atoms. The SMILES string of the molecule is N[C@H]1CC[C@@H]2CCn3c(nc4[nH]nc(N5CCCCC5)c4c3=O)N2CCCc2ccccc21. The summed E-state index contributed by atoms with van der Waals surface area (Å²) in [5.74, 6) is 1.57. The summed E-state index contributed by atoms with van der Waals surface area (Å²) >= 11 is 0. The first kappa shape index (κ1) is 20.7. The Morgan fingerprint density at radius 1 is 0.970 bits per heavy atom. The molecule has 5 heterocycles. The molecule has 2 aromatic heterocycles. The Morgan fingerprint density at radius 3 is 2.70 bits per heavy atom. The molecule has 1 fully saturated rings. The predicted molar refractivity (Wildman–Crippen MR) is 131 cm³/mol. The van der Waals surface area contributed by atoms with Crippen molar-refractivity contribution < 1.29 is 0 Å². The molecular formula is C25H33N7O. The van der Waals surface area contributed by atoms with Crippen molar-refractivity contribution in [3.05, 3.63) is 45.7 Å². The minimum Gasteiger partial charge on any atom is -0.354 e. The van der Waals surface area contributed by atoms with E-state index in [4.69, 9.17) is 10.7 Å². The average Bonchev–Trinajstić information content (AvgIpc) is 3.28. The number of hydrogen-bond donors (Lipinski definition) is 2. The van der Waals surface area contributed by atoms with Crippen LogP contribution in [0.25, 0.3) is 11.0 Å². The number of nitrogens with two attached hydrogens (primary N) is 1. The van der Waals surface area contributed by atoms with E-state index in [9.17, 15) is 4.79 Å². The number of aryl methyl sites for hydroxylation is 1.